The Balaban J connectivity index is 1.61. The quantitative estimate of drug-likeness (QED) is 0.759. The Labute approximate surface area is 178 Å². The monoisotopic (exact) mass is 440 g/mol. The van der Waals surface area contributed by atoms with Crippen molar-refractivity contribution in [2.45, 2.75) is 26.4 Å². The molecule has 0 bridgehead atoms. The average Bonchev–Trinajstić information content (AvgIpc) is 2.89. The fraction of sp³-hybridized carbons (Fsp3) is 0.429. The second-order valence-electron chi connectivity index (χ2n) is 7.46. The fourth-order valence-corrected chi connectivity index (χ4v) is 3.84. The van der Waals surface area contributed by atoms with Crippen LogP contribution in [0.5, 0.6) is 0 Å². The number of nitrogens with zero attached hydrogens (tertiary/aromatic N) is 3. The molecule has 1 N–H and O–H groups in total. The number of hydrogen-bond acceptors (Lipinski definition) is 4. The molecule has 30 heavy (non-hydrogen) atoms. The number of carbonyl (C=O) groups excluding carboxylic acids is 1. The number of amides is 1. The Morgan fingerprint density at radius 3 is 2.50 bits per heavy atom. The summed E-state index contributed by atoms with van der Waals surface area (Å²) in [5.74, 6) is 0.248. The number of carbonyl (C=O) groups is 1. The third-order valence-corrected chi connectivity index (χ3v) is 5.43. The topological polar surface area (TPSA) is 48.5 Å². The molecule has 1 saturated heterocycles. The first-order valence-electron chi connectivity index (χ1n) is 9.71. The zero-order valence-corrected chi connectivity index (χ0v) is 17.6. The lowest BCUT2D eigenvalue weighted by Crippen LogP contribution is -2.36. The highest BCUT2D eigenvalue weighted by Gasteiger charge is 2.32. The molecule has 0 radical (unpaired) electrons. The third kappa shape index (κ3) is 5.43. The molecule has 2 heterocycles. The van der Waals surface area contributed by atoms with Gasteiger partial charge in [-0.3, -0.25) is 9.69 Å². The smallest absolute Gasteiger partial charge is 0.354 e. The van der Waals surface area contributed by atoms with Gasteiger partial charge in [-0.15, -0.1) is 0 Å². The Morgan fingerprint density at radius 2 is 1.87 bits per heavy atom. The molecular weight excluding hydrogens is 417 g/mol. The zero-order chi connectivity index (χ0) is 21.9. The highest BCUT2D eigenvalue weighted by atomic mass is 35.5. The number of hydrogen-bond donors (Lipinski definition) is 1. The summed E-state index contributed by atoms with van der Waals surface area (Å²) in [5.41, 5.74) is 1.98. The molecule has 1 aromatic carbocycles. The Morgan fingerprint density at radius 1 is 1.17 bits per heavy atom. The van der Waals surface area contributed by atoms with Gasteiger partial charge in [-0.25, -0.2) is 4.98 Å². The van der Waals surface area contributed by atoms with Crippen LogP contribution in [0.4, 0.5) is 24.7 Å². The second-order valence-corrected chi connectivity index (χ2v) is 7.87. The Kier molecular flexibility index (Phi) is 6.88. The van der Waals surface area contributed by atoms with Crippen LogP contribution in [0, 0.1) is 13.8 Å². The molecule has 0 unspecified atom stereocenters. The van der Waals surface area contributed by atoms with Crippen LogP contribution in [0.1, 0.15) is 23.1 Å². The van der Waals surface area contributed by atoms with E-state index in [4.69, 9.17) is 11.6 Å². The van der Waals surface area contributed by atoms with Gasteiger partial charge in [0.25, 0.3) is 0 Å². The number of anilines is 2. The summed E-state index contributed by atoms with van der Waals surface area (Å²) in [7, 11) is 0. The molecule has 9 heteroatoms. The van der Waals surface area contributed by atoms with Crippen LogP contribution in [-0.4, -0.2) is 48.5 Å². The standard InChI is InChI=1S/C21H24ClF3N4O/c1-14-5-3-6-15(2)19(14)27-18(30)13-28-7-4-8-29(10-9-28)20-17(22)11-16(12-26-20)21(23,24)25/h3,5-6,11-12H,4,7-10,13H2,1-2H3,(H,27,30). The van der Waals surface area contributed by atoms with Crippen molar-refractivity contribution in [2.24, 2.45) is 0 Å². The minimum atomic E-state index is -4.48. The third-order valence-electron chi connectivity index (χ3n) is 5.15. The zero-order valence-electron chi connectivity index (χ0n) is 16.9. The second kappa shape index (κ2) is 9.22. The van der Waals surface area contributed by atoms with Crippen molar-refractivity contribution in [3.8, 4) is 0 Å². The molecule has 1 aliphatic heterocycles. The van der Waals surface area contributed by atoms with Gasteiger partial charge in [0, 0.05) is 38.1 Å². The SMILES string of the molecule is Cc1cccc(C)c1NC(=O)CN1CCCN(c2ncc(C(F)(F)F)cc2Cl)CC1. The maximum absolute atomic E-state index is 12.8. The number of benzene rings is 1. The number of rotatable bonds is 4. The van der Waals surface area contributed by atoms with E-state index in [1.807, 2.05) is 41.8 Å². The van der Waals surface area contributed by atoms with Crippen molar-refractivity contribution in [3.05, 3.63) is 52.2 Å². The predicted molar refractivity (Wildman–Crippen MR) is 112 cm³/mol. The van der Waals surface area contributed by atoms with Gasteiger partial charge in [-0.2, -0.15) is 13.2 Å². The van der Waals surface area contributed by atoms with Gasteiger partial charge >= 0.3 is 6.18 Å². The van der Waals surface area contributed by atoms with Gasteiger partial charge < -0.3 is 10.2 Å². The van der Waals surface area contributed by atoms with Gasteiger partial charge in [-0.1, -0.05) is 29.8 Å². The van der Waals surface area contributed by atoms with Gasteiger partial charge in [0.1, 0.15) is 5.82 Å². The molecule has 162 valence electrons. The molecule has 0 saturated carbocycles. The minimum absolute atomic E-state index is 0.0222. The number of para-hydroxylation sites is 1. The van der Waals surface area contributed by atoms with E-state index in [2.05, 4.69) is 10.3 Å². The molecule has 0 spiro atoms. The molecule has 3 rings (SSSR count). The summed E-state index contributed by atoms with van der Waals surface area (Å²) >= 11 is 6.08. The van der Waals surface area contributed by atoms with Gasteiger partial charge in [-0.05, 0) is 37.5 Å². The van der Waals surface area contributed by atoms with E-state index in [1.54, 1.807) is 0 Å². The van der Waals surface area contributed by atoms with Crippen molar-refractivity contribution >= 4 is 29.0 Å². The number of alkyl halides is 3. The highest BCUT2D eigenvalue weighted by molar-refractivity contribution is 6.33. The average molecular weight is 441 g/mol. The first-order valence-corrected chi connectivity index (χ1v) is 10.1. The molecule has 1 amide bonds. The Hall–Kier alpha value is -2.32. The van der Waals surface area contributed by atoms with Crippen molar-refractivity contribution in [1.82, 2.24) is 9.88 Å². The molecular formula is C21H24ClF3N4O. The first kappa shape index (κ1) is 22.4. The number of aromatic nitrogens is 1. The van der Waals surface area contributed by atoms with Crippen molar-refractivity contribution in [1.29, 1.82) is 0 Å². The van der Waals surface area contributed by atoms with Crippen molar-refractivity contribution < 1.29 is 18.0 Å². The molecule has 0 aliphatic carbocycles. The number of halogens is 4. The van der Waals surface area contributed by atoms with Crippen LogP contribution in [0.15, 0.2) is 30.5 Å². The van der Waals surface area contributed by atoms with Crippen LogP contribution in [0.25, 0.3) is 0 Å². The molecule has 0 atom stereocenters. The van der Waals surface area contributed by atoms with E-state index < -0.39 is 11.7 Å². The lowest BCUT2D eigenvalue weighted by Gasteiger charge is -2.24. The normalized spacial score (nSPS) is 15.7. The molecule has 1 aliphatic rings. The maximum Gasteiger partial charge on any atom is 0.417 e. The van der Waals surface area contributed by atoms with E-state index in [0.717, 1.165) is 35.5 Å². The van der Waals surface area contributed by atoms with Crippen LogP contribution in [0.3, 0.4) is 0 Å². The molecule has 2 aromatic rings. The lowest BCUT2D eigenvalue weighted by atomic mass is 10.1. The number of pyridine rings is 1. The summed E-state index contributed by atoms with van der Waals surface area (Å²) in [6.45, 7) is 6.56. The van der Waals surface area contributed by atoms with E-state index >= 15 is 0 Å². The summed E-state index contributed by atoms with van der Waals surface area (Å²) < 4.78 is 38.5. The summed E-state index contributed by atoms with van der Waals surface area (Å²) in [4.78, 5) is 20.4. The number of nitrogens with one attached hydrogen (secondary N) is 1. The summed E-state index contributed by atoms with van der Waals surface area (Å²) in [6.07, 6.45) is -2.93. The summed E-state index contributed by atoms with van der Waals surface area (Å²) in [6, 6.07) is 6.76. The first-order chi connectivity index (χ1) is 14.1. The Bertz CT molecular complexity index is 899. The van der Waals surface area contributed by atoms with Gasteiger partial charge in [0.15, 0.2) is 0 Å². The lowest BCUT2D eigenvalue weighted by molar-refractivity contribution is -0.137. The van der Waals surface area contributed by atoms with E-state index in [-0.39, 0.29) is 17.5 Å². The van der Waals surface area contributed by atoms with E-state index in [0.29, 0.717) is 32.0 Å². The van der Waals surface area contributed by atoms with Gasteiger partial charge in [0.05, 0.1) is 17.1 Å². The fourth-order valence-electron chi connectivity index (χ4n) is 3.55. The number of aryl methyl sites for hydroxylation is 2. The summed E-state index contributed by atoms with van der Waals surface area (Å²) in [5, 5.41) is 2.96. The van der Waals surface area contributed by atoms with Gasteiger partial charge in [0.2, 0.25) is 5.91 Å². The van der Waals surface area contributed by atoms with Crippen LogP contribution in [-0.2, 0) is 11.0 Å². The van der Waals surface area contributed by atoms with Crippen LogP contribution < -0.4 is 10.2 Å². The van der Waals surface area contributed by atoms with Crippen LogP contribution >= 0.6 is 11.6 Å². The molecule has 5 nitrogen and oxygen atoms in total. The molecule has 1 fully saturated rings. The van der Waals surface area contributed by atoms with Crippen molar-refractivity contribution in [2.75, 3.05) is 42.9 Å². The van der Waals surface area contributed by atoms with E-state index in [9.17, 15) is 18.0 Å². The van der Waals surface area contributed by atoms with Crippen LogP contribution in [0.2, 0.25) is 5.02 Å². The van der Waals surface area contributed by atoms with E-state index in [1.165, 1.54) is 0 Å². The minimum Gasteiger partial charge on any atom is -0.354 e. The van der Waals surface area contributed by atoms with Crippen molar-refractivity contribution in [3.63, 3.8) is 0 Å². The predicted octanol–water partition coefficient (Wildman–Crippen LogP) is 4.52. The molecule has 1 aromatic heterocycles. The maximum atomic E-state index is 12.8. The highest BCUT2D eigenvalue weighted by Crippen LogP contribution is 2.33. The largest absolute Gasteiger partial charge is 0.417 e.